The van der Waals surface area contributed by atoms with Crippen molar-refractivity contribution in [1.29, 1.82) is 5.26 Å². The van der Waals surface area contributed by atoms with Crippen molar-refractivity contribution in [1.82, 2.24) is 9.88 Å². The molecule has 0 amide bonds. The standard InChI is InChI=1S/C17H17N3O/c1-20(11-8-14-6-9-19-10-7-14)13-17(21)16-4-2-15(12-18)3-5-16/h2-7,9-10H,8,11,13H2,1H3. The van der Waals surface area contributed by atoms with Crippen molar-refractivity contribution < 1.29 is 4.79 Å². The molecular weight excluding hydrogens is 262 g/mol. The monoisotopic (exact) mass is 279 g/mol. The Kier molecular flexibility index (Phi) is 5.19. The average Bonchev–Trinajstić information content (AvgIpc) is 2.54. The molecule has 1 heterocycles. The number of likely N-dealkylation sites (N-methyl/N-ethyl adjacent to an activating group) is 1. The van der Waals surface area contributed by atoms with Gasteiger partial charge in [-0.05, 0) is 43.3 Å². The van der Waals surface area contributed by atoms with Crippen LogP contribution in [0.5, 0.6) is 0 Å². The first-order chi connectivity index (χ1) is 10.2. The van der Waals surface area contributed by atoms with Gasteiger partial charge in [-0.1, -0.05) is 12.1 Å². The zero-order valence-corrected chi connectivity index (χ0v) is 12.0. The fourth-order valence-electron chi connectivity index (χ4n) is 2.02. The fraction of sp³-hybridized carbons (Fsp3) is 0.235. The molecule has 2 rings (SSSR count). The summed E-state index contributed by atoms with van der Waals surface area (Å²) >= 11 is 0. The molecule has 0 saturated carbocycles. The van der Waals surface area contributed by atoms with E-state index in [1.54, 1.807) is 36.7 Å². The molecular formula is C17H17N3O. The number of hydrogen-bond acceptors (Lipinski definition) is 4. The molecule has 0 aliphatic rings. The topological polar surface area (TPSA) is 57.0 Å². The van der Waals surface area contributed by atoms with Gasteiger partial charge in [-0.25, -0.2) is 0 Å². The highest BCUT2D eigenvalue weighted by Gasteiger charge is 2.09. The fourth-order valence-corrected chi connectivity index (χ4v) is 2.02. The third-order valence-electron chi connectivity index (χ3n) is 3.28. The second-order valence-corrected chi connectivity index (χ2v) is 4.96. The third kappa shape index (κ3) is 4.51. The molecule has 0 radical (unpaired) electrons. The number of rotatable bonds is 6. The van der Waals surface area contributed by atoms with Crippen molar-refractivity contribution in [2.24, 2.45) is 0 Å². The van der Waals surface area contributed by atoms with Gasteiger partial charge in [-0.15, -0.1) is 0 Å². The van der Waals surface area contributed by atoms with Crippen LogP contribution in [0.1, 0.15) is 21.5 Å². The lowest BCUT2D eigenvalue weighted by molar-refractivity contribution is 0.0947. The number of ketones is 1. The molecule has 0 saturated heterocycles. The van der Waals surface area contributed by atoms with Crippen LogP contribution in [0.4, 0.5) is 0 Å². The molecule has 1 aromatic heterocycles. The van der Waals surface area contributed by atoms with Crippen molar-refractivity contribution >= 4 is 5.78 Å². The zero-order chi connectivity index (χ0) is 15.1. The van der Waals surface area contributed by atoms with Gasteiger partial charge in [0.05, 0.1) is 18.2 Å². The highest BCUT2D eigenvalue weighted by atomic mass is 16.1. The van der Waals surface area contributed by atoms with Crippen LogP contribution in [-0.4, -0.2) is 35.8 Å². The number of nitriles is 1. The van der Waals surface area contributed by atoms with E-state index < -0.39 is 0 Å². The van der Waals surface area contributed by atoms with Crippen LogP contribution in [0.15, 0.2) is 48.8 Å². The van der Waals surface area contributed by atoms with E-state index in [0.717, 1.165) is 13.0 Å². The lowest BCUT2D eigenvalue weighted by Crippen LogP contribution is -2.28. The molecule has 0 atom stereocenters. The maximum Gasteiger partial charge on any atom is 0.176 e. The minimum Gasteiger partial charge on any atom is -0.299 e. The summed E-state index contributed by atoms with van der Waals surface area (Å²) in [6.07, 6.45) is 4.44. The van der Waals surface area contributed by atoms with Crippen molar-refractivity contribution in [3.8, 4) is 6.07 Å². The van der Waals surface area contributed by atoms with E-state index in [4.69, 9.17) is 5.26 Å². The number of carbonyl (C=O) groups is 1. The minimum absolute atomic E-state index is 0.0664. The number of hydrogen-bond donors (Lipinski definition) is 0. The molecule has 21 heavy (non-hydrogen) atoms. The molecule has 0 unspecified atom stereocenters. The number of pyridine rings is 1. The summed E-state index contributed by atoms with van der Waals surface area (Å²) in [4.78, 5) is 18.1. The summed E-state index contributed by atoms with van der Waals surface area (Å²) in [6, 6.07) is 12.8. The molecule has 0 bridgehead atoms. The van der Waals surface area contributed by atoms with Gasteiger partial charge in [0.25, 0.3) is 0 Å². The van der Waals surface area contributed by atoms with Gasteiger partial charge >= 0.3 is 0 Å². The highest BCUT2D eigenvalue weighted by Crippen LogP contribution is 2.06. The summed E-state index contributed by atoms with van der Waals surface area (Å²) in [6.45, 7) is 1.18. The number of Topliss-reactive ketones (excluding diaryl/α,β-unsaturated/α-hetero) is 1. The summed E-state index contributed by atoms with van der Waals surface area (Å²) in [5.41, 5.74) is 2.42. The van der Waals surface area contributed by atoms with E-state index in [1.807, 2.05) is 30.1 Å². The molecule has 2 aromatic rings. The van der Waals surface area contributed by atoms with Gasteiger partial charge in [0, 0.05) is 24.5 Å². The zero-order valence-electron chi connectivity index (χ0n) is 12.0. The second-order valence-electron chi connectivity index (χ2n) is 4.96. The van der Waals surface area contributed by atoms with Gasteiger partial charge in [-0.2, -0.15) is 5.26 Å². The molecule has 0 aliphatic carbocycles. The summed E-state index contributed by atoms with van der Waals surface area (Å²) in [7, 11) is 1.93. The van der Waals surface area contributed by atoms with Crippen LogP contribution < -0.4 is 0 Å². The number of carbonyl (C=O) groups excluding carboxylic acids is 1. The molecule has 0 spiro atoms. The predicted molar refractivity (Wildman–Crippen MR) is 80.9 cm³/mol. The normalized spacial score (nSPS) is 10.3. The summed E-state index contributed by atoms with van der Waals surface area (Å²) in [5.74, 6) is 0.0664. The van der Waals surface area contributed by atoms with E-state index in [0.29, 0.717) is 17.7 Å². The molecule has 0 aliphatic heterocycles. The van der Waals surface area contributed by atoms with E-state index in [2.05, 4.69) is 4.98 Å². The van der Waals surface area contributed by atoms with Crippen LogP contribution in [0.3, 0.4) is 0 Å². The van der Waals surface area contributed by atoms with Crippen molar-refractivity contribution in [3.05, 3.63) is 65.5 Å². The van der Waals surface area contributed by atoms with E-state index in [9.17, 15) is 4.79 Å². The lowest BCUT2D eigenvalue weighted by Gasteiger charge is -2.15. The first kappa shape index (κ1) is 14.9. The lowest BCUT2D eigenvalue weighted by atomic mass is 10.1. The van der Waals surface area contributed by atoms with Gasteiger partial charge in [0.2, 0.25) is 0 Å². The quantitative estimate of drug-likeness (QED) is 0.761. The minimum atomic E-state index is 0.0664. The molecule has 4 nitrogen and oxygen atoms in total. The van der Waals surface area contributed by atoms with Crippen molar-refractivity contribution in [2.45, 2.75) is 6.42 Å². The Labute approximate surface area is 124 Å². The SMILES string of the molecule is CN(CCc1ccncc1)CC(=O)c1ccc(C#N)cc1. The van der Waals surface area contributed by atoms with E-state index in [-0.39, 0.29) is 5.78 Å². The van der Waals surface area contributed by atoms with Crippen LogP contribution in [0.25, 0.3) is 0 Å². The molecule has 0 fully saturated rings. The van der Waals surface area contributed by atoms with Crippen LogP contribution >= 0.6 is 0 Å². The van der Waals surface area contributed by atoms with Gasteiger partial charge in [0.15, 0.2) is 5.78 Å². The molecule has 1 aromatic carbocycles. The Morgan fingerprint density at radius 3 is 2.48 bits per heavy atom. The number of aromatic nitrogens is 1. The number of benzene rings is 1. The van der Waals surface area contributed by atoms with Crippen molar-refractivity contribution in [3.63, 3.8) is 0 Å². The van der Waals surface area contributed by atoms with Crippen LogP contribution in [0.2, 0.25) is 0 Å². The third-order valence-corrected chi connectivity index (χ3v) is 3.28. The van der Waals surface area contributed by atoms with Crippen LogP contribution in [0, 0.1) is 11.3 Å². The second kappa shape index (κ2) is 7.32. The average molecular weight is 279 g/mol. The first-order valence-corrected chi connectivity index (χ1v) is 6.80. The van der Waals surface area contributed by atoms with Crippen molar-refractivity contribution in [2.75, 3.05) is 20.1 Å². The molecule has 4 heteroatoms. The highest BCUT2D eigenvalue weighted by molar-refractivity contribution is 5.97. The Hall–Kier alpha value is -2.51. The summed E-state index contributed by atoms with van der Waals surface area (Å²) in [5, 5.41) is 8.74. The Balaban J connectivity index is 1.85. The number of nitrogens with zero attached hydrogens (tertiary/aromatic N) is 3. The first-order valence-electron chi connectivity index (χ1n) is 6.80. The van der Waals surface area contributed by atoms with Gasteiger partial charge < -0.3 is 0 Å². The van der Waals surface area contributed by atoms with Gasteiger partial charge in [-0.3, -0.25) is 14.7 Å². The molecule has 0 N–H and O–H groups in total. The Morgan fingerprint density at radius 2 is 1.86 bits per heavy atom. The largest absolute Gasteiger partial charge is 0.299 e. The van der Waals surface area contributed by atoms with E-state index in [1.165, 1.54) is 5.56 Å². The predicted octanol–water partition coefficient (Wildman–Crippen LogP) is 2.31. The Bertz CT molecular complexity index is 629. The van der Waals surface area contributed by atoms with E-state index >= 15 is 0 Å². The maximum atomic E-state index is 12.1. The van der Waals surface area contributed by atoms with Crippen LogP contribution in [-0.2, 0) is 6.42 Å². The smallest absolute Gasteiger partial charge is 0.176 e. The summed E-state index contributed by atoms with van der Waals surface area (Å²) < 4.78 is 0. The Morgan fingerprint density at radius 1 is 1.19 bits per heavy atom. The van der Waals surface area contributed by atoms with Gasteiger partial charge in [0.1, 0.15) is 0 Å². The molecule has 106 valence electrons. The maximum absolute atomic E-state index is 12.1.